The Morgan fingerprint density at radius 3 is 2.61 bits per heavy atom. The molecule has 2 saturated heterocycles. The van der Waals surface area contributed by atoms with Gasteiger partial charge in [-0.25, -0.2) is 4.90 Å². The van der Waals surface area contributed by atoms with E-state index in [1.54, 1.807) is 6.07 Å². The number of benzene rings is 1. The van der Waals surface area contributed by atoms with Crippen LogP contribution in [0, 0.1) is 0 Å². The second-order valence-corrected chi connectivity index (χ2v) is 5.88. The summed E-state index contributed by atoms with van der Waals surface area (Å²) in [7, 11) is 0. The first-order chi connectivity index (χ1) is 11.3. The largest absolute Gasteiger partial charge is 0.369 e. The molecule has 1 unspecified atom stereocenters. The van der Waals surface area contributed by atoms with Crippen LogP contribution in [0.15, 0.2) is 18.2 Å². The average Bonchev–Trinajstić information content (AvgIpc) is 2.87. The number of amides is 2. The maximum Gasteiger partial charge on any atom is 0.263 e. The number of nitrogens with zero attached hydrogens (tertiary/aromatic N) is 2. The van der Waals surface area contributed by atoms with E-state index in [9.17, 15) is 9.59 Å². The maximum absolute atomic E-state index is 12.7. The number of hydrogen-bond acceptors (Lipinski definition) is 6. The molecule has 122 valence electrons. The fourth-order valence-electron chi connectivity index (χ4n) is 3.29. The average molecular weight is 317 g/mol. The van der Waals surface area contributed by atoms with E-state index in [0.29, 0.717) is 24.2 Å². The van der Waals surface area contributed by atoms with Gasteiger partial charge in [0.15, 0.2) is 0 Å². The molecule has 3 aliphatic heterocycles. The molecule has 0 saturated carbocycles. The monoisotopic (exact) mass is 317 g/mol. The van der Waals surface area contributed by atoms with E-state index in [2.05, 4.69) is 10.2 Å². The highest BCUT2D eigenvalue weighted by Gasteiger charge is 2.41. The summed E-state index contributed by atoms with van der Waals surface area (Å²) >= 11 is 0. The van der Waals surface area contributed by atoms with Crippen molar-refractivity contribution in [2.24, 2.45) is 0 Å². The first-order valence-corrected chi connectivity index (χ1v) is 7.92. The number of piperazine rings is 1. The van der Waals surface area contributed by atoms with Crippen molar-refractivity contribution in [2.45, 2.75) is 12.6 Å². The minimum Gasteiger partial charge on any atom is -0.369 e. The van der Waals surface area contributed by atoms with Gasteiger partial charge in [-0.3, -0.25) is 9.59 Å². The van der Waals surface area contributed by atoms with Crippen LogP contribution in [0.25, 0.3) is 0 Å². The van der Waals surface area contributed by atoms with Crippen LogP contribution in [0.4, 0.5) is 5.69 Å². The summed E-state index contributed by atoms with van der Waals surface area (Å²) in [4.78, 5) is 28.7. The minimum atomic E-state index is -0.529. The van der Waals surface area contributed by atoms with Gasteiger partial charge in [-0.1, -0.05) is 0 Å². The molecule has 1 atom stereocenters. The quantitative estimate of drug-likeness (QED) is 0.797. The van der Waals surface area contributed by atoms with Gasteiger partial charge in [-0.05, 0) is 18.2 Å². The van der Waals surface area contributed by atoms with Crippen LogP contribution >= 0.6 is 0 Å². The topological polar surface area (TPSA) is 71.1 Å². The molecular weight excluding hydrogens is 298 g/mol. The molecule has 0 aromatic heterocycles. The van der Waals surface area contributed by atoms with Crippen LogP contribution in [0.3, 0.4) is 0 Å². The van der Waals surface area contributed by atoms with Crippen molar-refractivity contribution in [1.82, 2.24) is 10.2 Å². The van der Waals surface area contributed by atoms with Crippen molar-refractivity contribution in [3.8, 4) is 0 Å². The van der Waals surface area contributed by atoms with Gasteiger partial charge < -0.3 is 19.7 Å². The van der Waals surface area contributed by atoms with Crippen molar-refractivity contribution in [3.63, 3.8) is 0 Å². The molecule has 1 N–H and O–H groups in total. The van der Waals surface area contributed by atoms with Crippen molar-refractivity contribution < 1.29 is 19.1 Å². The van der Waals surface area contributed by atoms with Crippen molar-refractivity contribution >= 4 is 17.5 Å². The lowest BCUT2D eigenvalue weighted by Crippen LogP contribution is -2.44. The molecule has 4 rings (SSSR count). The maximum atomic E-state index is 12.7. The van der Waals surface area contributed by atoms with Crippen LogP contribution in [0.2, 0.25) is 0 Å². The van der Waals surface area contributed by atoms with Gasteiger partial charge in [0, 0.05) is 38.3 Å². The van der Waals surface area contributed by atoms with Gasteiger partial charge in [0.05, 0.1) is 17.7 Å². The third-order valence-electron chi connectivity index (χ3n) is 4.52. The number of carbonyl (C=O) groups excluding carboxylic acids is 2. The molecule has 1 aromatic rings. The number of ether oxygens (including phenoxy) is 2. The molecule has 0 spiro atoms. The lowest BCUT2D eigenvalue weighted by molar-refractivity contribution is -0.169. The third-order valence-corrected chi connectivity index (χ3v) is 4.52. The molecule has 0 aliphatic carbocycles. The normalized spacial score (nSPS) is 25.0. The predicted molar refractivity (Wildman–Crippen MR) is 82.3 cm³/mol. The van der Waals surface area contributed by atoms with E-state index in [4.69, 9.17) is 9.47 Å². The Kier molecular flexibility index (Phi) is 3.76. The second-order valence-electron chi connectivity index (χ2n) is 5.88. The van der Waals surface area contributed by atoms with Crippen LogP contribution in [-0.2, 0) is 9.47 Å². The van der Waals surface area contributed by atoms with Crippen LogP contribution in [0.1, 0.15) is 27.1 Å². The van der Waals surface area contributed by atoms with Crippen molar-refractivity contribution in [1.29, 1.82) is 0 Å². The molecule has 7 heteroatoms. The van der Waals surface area contributed by atoms with E-state index in [-0.39, 0.29) is 18.6 Å². The highest BCUT2D eigenvalue weighted by molar-refractivity contribution is 6.21. The fraction of sp³-hybridized carbons (Fsp3) is 0.500. The summed E-state index contributed by atoms with van der Waals surface area (Å²) in [6, 6.07) is 5.51. The standard InChI is InChI=1S/C16H19N3O4/c20-15-12-2-1-11(18-6-4-17-5-7-18)9-13(12)16(21)19(15)14-3-8-22-10-23-14/h1-2,9,14,17H,3-8,10H2. The number of fused-ring (bicyclic) bond motifs is 1. The minimum absolute atomic E-state index is 0.115. The molecule has 7 nitrogen and oxygen atoms in total. The second kappa shape index (κ2) is 5.92. The SMILES string of the molecule is O=C1c2ccc(N3CCNCC3)cc2C(=O)N1C1CCOCO1. The van der Waals surface area contributed by atoms with Gasteiger partial charge in [0.1, 0.15) is 13.0 Å². The predicted octanol–water partition coefficient (Wildman–Crippen LogP) is 0.413. The van der Waals surface area contributed by atoms with E-state index in [1.807, 2.05) is 12.1 Å². The summed E-state index contributed by atoms with van der Waals surface area (Å²) < 4.78 is 10.5. The van der Waals surface area contributed by atoms with Crippen LogP contribution in [0.5, 0.6) is 0 Å². The molecule has 0 bridgehead atoms. The smallest absolute Gasteiger partial charge is 0.263 e. The van der Waals surface area contributed by atoms with Gasteiger partial charge >= 0.3 is 0 Å². The highest BCUT2D eigenvalue weighted by atomic mass is 16.7. The third kappa shape index (κ3) is 2.50. The number of anilines is 1. The number of hydrogen-bond donors (Lipinski definition) is 1. The zero-order valence-electron chi connectivity index (χ0n) is 12.8. The Labute approximate surface area is 134 Å². The Hall–Kier alpha value is -1.96. The van der Waals surface area contributed by atoms with Crippen LogP contribution in [-0.4, -0.2) is 62.5 Å². The van der Waals surface area contributed by atoms with Crippen molar-refractivity contribution in [3.05, 3.63) is 29.3 Å². The van der Waals surface area contributed by atoms with Gasteiger partial charge in [0.2, 0.25) is 0 Å². The summed E-state index contributed by atoms with van der Waals surface area (Å²) in [5.41, 5.74) is 1.92. The zero-order chi connectivity index (χ0) is 15.8. The first-order valence-electron chi connectivity index (χ1n) is 7.92. The van der Waals surface area contributed by atoms with Gasteiger partial charge in [-0.15, -0.1) is 0 Å². The van der Waals surface area contributed by atoms with E-state index in [1.165, 1.54) is 4.90 Å². The first kappa shape index (κ1) is 14.6. The Morgan fingerprint density at radius 2 is 1.87 bits per heavy atom. The summed E-state index contributed by atoms with van der Waals surface area (Å²) in [6.07, 6.45) is -0.0189. The summed E-state index contributed by atoms with van der Waals surface area (Å²) in [6.45, 7) is 4.24. The Bertz CT molecular complexity index is 636. The molecule has 2 amide bonds. The summed E-state index contributed by atoms with van der Waals surface area (Å²) in [5, 5.41) is 3.30. The zero-order valence-corrected chi connectivity index (χ0v) is 12.8. The molecule has 3 aliphatic rings. The lowest BCUT2D eigenvalue weighted by atomic mass is 10.1. The number of nitrogens with one attached hydrogen (secondary N) is 1. The van der Waals surface area contributed by atoms with E-state index < -0.39 is 6.23 Å². The molecule has 3 heterocycles. The molecule has 1 aromatic carbocycles. The Balaban J connectivity index is 1.62. The highest BCUT2D eigenvalue weighted by Crippen LogP contribution is 2.30. The molecule has 2 fully saturated rings. The van der Waals surface area contributed by atoms with Crippen molar-refractivity contribution in [2.75, 3.05) is 44.5 Å². The van der Waals surface area contributed by atoms with E-state index >= 15 is 0 Å². The molecular formula is C16H19N3O4. The van der Waals surface area contributed by atoms with Crippen LogP contribution < -0.4 is 10.2 Å². The van der Waals surface area contributed by atoms with Gasteiger partial charge in [0.25, 0.3) is 11.8 Å². The number of imide groups is 1. The summed E-state index contributed by atoms with van der Waals surface area (Å²) in [5.74, 6) is -0.544. The lowest BCUT2D eigenvalue weighted by Gasteiger charge is -2.29. The van der Waals surface area contributed by atoms with E-state index in [0.717, 1.165) is 31.9 Å². The number of rotatable bonds is 2. The molecule has 23 heavy (non-hydrogen) atoms. The molecule has 0 radical (unpaired) electrons. The Morgan fingerprint density at radius 1 is 1.09 bits per heavy atom. The number of carbonyl (C=O) groups is 2. The fourth-order valence-corrected chi connectivity index (χ4v) is 3.29. The van der Waals surface area contributed by atoms with Gasteiger partial charge in [-0.2, -0.15) is 0 Å².